The Kier molecular flexibility index (Phi) is 2.65. The second-order valence-electron chi connectivity index (χ2n) is 5.12. The summed E-state index contributed by atoms with van der Waals surface area (Å²) in [6.45, 7) is 6.15. The molecule has 0 atom stereocenters. The number of pyridine rings is 1. The van der Waals surface area contributed by atoms with Gasteiger partial charge in [-0.1, -0.05) is 20.8 Å². The number of hydrogen-bond donors (Lipinski definition) is 1. The minimum absolute atomic E-state index is 0.0393. The zero-order chi connectivity index (χ0) is 12.6. The number of aromatic nitrogens is 2. The predicted octanol–water partition coefficient (Wildman–Crippen LogP) is 2.03. The van der Waals surface area contributed by atoms with Crippen LogP contribution >= 0.6 is 0 Å². The van der Waals surface area contributed by atoms with Gasteiger partial charge < -0.3 is 5.32 Å². The van der Waals surface area contributed by atoms with Crippen molar-refractivity contribution >= 4 is 11.3 Å². The van der Waals surface area contributed by atoms with Crippen LogP contribution in [-0.4, -0.2) is 16.4 Å². The van der Waals surface area contributed by atoms with E-state index in [1.807, 2.05) is 40.0 Å². The highest BCUT2D eigenvalue weighted by Crippen LogP contribution is 2.19. The van der Waals surface area contributed by atoms with E-state index < -0.39 is 0 Å². The van der Waals surface area contributed by atoms with E-state index in [1.165, 1.54) is 0 Å². The van der Waals surface area contributed by atoms with Gasteiger partial charge in [0.15, 0.2) is 0 Å². The first kappa shape index (κ1) is 11.6. The normalized spacial score (nSPS) is 11.8. The van der Waals surface area contributed by atoms with E-state index in [9.17, 15) is 4.79 Å². The number of rotatable bonds is 1. The zero-order valence-electron chi connectivity index (χ0n) is 10.6. The summed E-state index contributed by atoms with van der Waals surface area (Å²) in [5.74, 6) is 0. The van der Waals surface area contributed by atoms with E-state index >= 15 is 0 Å². The smallest absolute Gasteiger partial charge is 0.258 e. The van der Waals surface area contributed by atoms with Crippen molar-refractivity contribution in [2.45, 2.75) is 26.2 Å². The fraction of sp³-hybridized carbons (Fsp3) is 0.385. The Morgan fingerprint density at radius 1 is 1.29 bits per heavy atom. The van der Waals surface area contributed by atoms with Crippen molar-refractivity contribution in [3.63, 3.8) is 0 Å². The predicted molar refractivity (Wildman–Crippen MR) is 69.7 cm³/mol. The molecule has 0 aliphatic heterocycles. The van der Waals surface area contributed by atoms with Gasteiger partial charge >= 0.3 is 0 Å². The van der Waals surface area contributed by atoms with Crippen LogP contribution < -0.4 is 10.9 Å². The van der Waals surface area contributed by atoms with Crippen molar-refractivity contribution in [2.24, 2.45) is 0 Å². The van der Waals surface area contributed by atoms with Crippen LogP contribution in [0.3, 0.4) is 0 Å². The van der Waals surface area contributed by atoms with Crippen LogP contribution in [0, 0.1) is 0 Å². The van der Waals surface area contributed by atoms with Gasteiger partial charge in [-0.3, -0.25) is 9.20 Å². The number of anilines is 1. The number of hydrogen-bond acceptors (Lipinski definition) is 3. The van der Waals surface area contributed by atoms with E-state index in [0.29, 0.717) is 5.65 Å². The number of nitrogens with zero attached hydrogens (tertiary/aromatic N) is 2. The Labute approximate surface area is 100 Å². The minimum Gasteiger partial charge on any atom is -0.388 e. The van der Waals surface area contributed by atoms with Gasteiger partial charge in [-0.05, 0) is 6.07 Å². The highest BCUT2D eigenvalue weighted by atomic mass is 16.1. The van der Waals surface area contributed by atoms with E-state index in [-0.39, 0.29) is 11.0 Å². The fourth-order valence-electron chi connectivity index (χ4n) is 1.64. The SMILES string of the molecule is CNc1ccn2c(=O)cc(C(C)(C)C)nc2c1. The summed E-state index contributed by atoms with van der Waals surface area (Å²) in [4.78, 5) is 16.5. The summed E-state index contributed by atoms with van der Waals surface area (Å²) >= 11 is 0. The van der Waals surface area contributed by atoms with Crippen molar-refractivity contribution in [1.29, 1.82) is 0 Å². The molecule has 4 nitrogen and oxygen atoms in total. The third-order valence-corrected chi connectivity index (χ3v) is 2.72. The van der Waals surface area contributed by atoms with Gasteiger partial charge in [-0.2, -0.15) is 0 Å². The Morgan fingerprint density at radius 2 is 2.00 bits per heavy atom. The molecule has 0 aromatic carbocycles. The molecule has 1 N–H and O–H groups in total. The average Bonchev–Trinajstić information content (AvgIpc) is 2.27. The van der Waals surface area contributed by atoms with Crippen LogP contribution in [0.1, 0.15) is 26.5 Å². The molecule has 0 bridgehead atoms. The van der Waals surface area contributed by atoms with Gasteiger partial charge in [0, 0.05) is 36.5 Å². The zero-order valence-corrected chi connectivity index (χ0v) is 10.6. The maximum Gasteiger partial charge on any atom is 0.258 e. The quantitative estimate of drug-likeness (QED) is 0.817. The molecule has 0 saturated carbocycles. The molecule has 0 saturated heterocycles. The maximum atomic E-state index is 11.9. The molecular weight excluding hydrogens is 214 g/mol. The van der Waals surface area contributed by atoms with E-state index in [4.69, 9.17) is 0 Å². The molecule has 90 valence electrons. The van der Waals surface area contributed by atoms with Crippen LogP contribution in [0.15, 0.2) is 29.2 Å². The average molecular weight is 231 g/mol. The van der Waals surface area contributed by atoms with Crippen molar-refractivity contribution < 1.29 is 0 Å². The molecule has 0 amide bonds. The van der Waals surface area contributed by atoms with E-state index in [0.717, 1.165) is 11.4 Å². The molecule has 0 aliphatic carbocycles. The van der Waals surface area contributed by atoms with Crippen LogP contribution in [0.4, 0.5) is 5.69 Å². The molecule has 0 fully saturated rings. The topological polar surface area (TPSA) is 46.4 Å². The summed E-state index contributed by atoms with van der Waals surface area (Å²) in [5, 5.41) is 3.04. The summed E-state index contributed by atoms with van der Waals surface area (Å²) in [5.41, 5.74) is 2.28. The Morgan fingerprint density at radius 3 is 2.59 bits per heavy atom. The first-order valence-electron chi connectivity index (χ1n) is 5.63. The van der Waals surface area contributed by atoms with Crippen molar-refractivity contribution in [2.75, 3.05) is 12.4 Å². The molecule has 0 aliphatic rings. The highest BCUT2D eigenvalue weighted by molar-refractivity contribution is 5.54. The largest absolute Gasteiger partial charge is 0.388 e. The van der Waals surface area contributed by atoms with Gasteiger partial charge in [0.05, 0.1) is 5.69 Å². The van der Waals surface area contributed by atoms with Gasteiger partial charge in [0.1, 0.15) is 5.65 Å². The van der Waals surface area contributed by atoms with Crippen molar-refractivity contribution in [1.82, 2.24) is 9.38 Å². The van der Waals surface area contributed by atoms with Crippen molar-refractivity contribution in [3.05, 3.63) is 40.4 Å². The lowest BCUT2D eigenvalue weighted by Crippen LogP contribution is -2.22. The van der Waals surface area contributed by atoms with Gasteiger partial charge in [-0.25, -0.2) is 4.98 Å². The summed E-state index contributed by atoms with van der Waals surface area (Å²) in [6, 6.07) is 5.33. The fourth-order valence-corrected chi connectivity index (χ4v) is 1.64. The molecule has 2 aromatic rings. The summed E-state index contributed by atoms with van der Waals surface area (Å²) < 4.78 is 1.55. The molecule has 17 heavy (non-hydrogen) atoms. The van der Waals surface area contributed by atoms with Crippen LogP contribution in [-0.2, 0) is 5.41 Å². The third-order valence-electron chi connectivity index (χ3n) is 2.72. The van der Waals surface area contributed by atoms with Gasteiger partial charge in [0.25, 0.3) is 5.56 Å². The summed E-state index contributed by atoms with van der Waals surface area (Å²) in [7, 11) is 1.84. The van der Waals surface area contributed by atoms with Gasteiger partial charge in [0.2, 0.25) is 0 Å². The first-order valence-corrected chi connectivity index (χ1v) is 5.63. The first-order chi connectivity index (χ1) is 7.91. The standard InChI is InChI=1S/C13H17N3O/c1-13(2,3)10-8-12(17)16-6-5-9(14-4)7-11(16)15-10/h5-8,14H,1-4H3. The third kappa shape index (κ3) is 2.16. The molecule has 4 heteroatoms. The van der Waals surface area contributed by atoms with Crippen LogP contribution in [0.2, 0.25) is 0 Å². The molecule has 2 aromatic heterocycles. The minimum atomic E-state index is -0.121. The maximum absolute atomic E-state index is 11.9. The number of fused-ring (bicyclic) bond motifs is 1. The molecular formula is C13H17N3O. The van der Waals surface area contributed by atoms with E-state index in [2.05, 4.69) is 10.3 Å². The monoisotopic (exact) mass is 231 g/mol. The molecule has 2 rings (SSSR count). The Bertz CT molecular complexity index is 608. The van der Waals surface area contributed by atoms with E-state index in [1.54, 1.807) is 16.7 Å². The summed E-state index contributed by atoms with van der Waals surface area (Å²) in [6.07, 6.45) is 1.74. The Hall–Kier alpha value is -1.84. The molecule has 0 spiro atoms. The molecule has 2 heterocycles. The highest BCUT2D eigenvalue weighted by Gasteiger charge is 2.17. The molecule has 0 unspecified atom stereocenters. The lowest BCUT2D eigenvalue weighted by atomic mass is 9.92. The second-order valence-corrected chi connectivity index (χ2v) is 5.12. The molecule has 0 radical (unpaired) electrons. The number of nitrogens with one attached hydrogen (secondary N) is 1. The van der Waals surface area contributed by atoms with Crippen LogP contribution in [0.5, 0.6) is 0 Å². The Balaban J connectivity index is 2.75. The van der Waals surface area contributed by atoms with Crippen molar-refractivity contribution in [3.8, 4) is 0 Å². The second kappa shape index (κ2) is 3.87. The lowest BCUT2D eigenvalue weighted by molar-refractivity contribution is 0.567. The van der Waals surface area contributed by atoms with Crippen LogP contribution in [0.25, 0.3) is 5.65 Å². The van der Waals surface area contributed by atoms with Gasteiger partial charge in [-0.15, -0.1) is 0 Å². The lowest BCUT2D eigenvalue weighted by Gasteiger charge is -2.17.